The standard InChI is InChI=1S/C15H11Cl2FO/c1-8-3-4-10(6-12(8)16)15(19)11-5-9(2)14(18)7-13(11)17/h3-7H,1-2H3. The van der Waals surface area contributed by atoms with Crippen LogP contribution in [0.3, 0.4) is 0 Å². The lowest BCUT2D eigenvalue weighted by Crippen LogP contribution is -2.04. The molecule has 0 N–H and O–H groups in total. The van der Waals surface area contributed by atoms with E-state index in [2.05, 4.69) is 0 Å². The molecule has 0 bridgehead atoms. The maximum Gasteiger partial charge on any atom is 0.194 e. The molecule has 98 valence electrons. The monoisotopic (exact) mass is 296 g/mol. The van der Waals surface area contributed by atoms with Crippen LogP contribution in [0.15, 0.2) is 30.3 Å². The lowest BCUT2D eigenvalue weighted by atomic mass is 10.0. The zero-order valence-electron chi connectivity index (χ0n) is 10.4. The minimum Gasteiger partial charge on any atom is -0.289 e. The van der Waals surface area contributed by atoms with Gasteiger partial charge in [-0.1, -0.05) is 35.3 Å². The van der Waals surface area contributed by atoms with Gasteiger partial charge in [-0.25, -0.2) is 4.39 Å². The van der Waals surface area contributed by atoms with Gasteiger partial charge in [-0.2, -0.15) is 0 Å². The first-order valence-corrected chi connectivity index (χ1v) is 6.42. The van der Waals surface area contributed by atoms with Gasteiger partial charge in [-0.3, -0.25) is 4.79 Å². The fourth-order valence-electron chi connectivity index (χ4n) is 1.72. The second-order valence-electron chi connectivity index (χ2n) is 4.37. The lowest BCUT2D eigenvalue weighted by Gasteiger charge is -2.07. The smallest absolute Gasteiger partial charge is 0.194 e. The van der Waals surface area contributed by atoms with Gasteiger partial charge in [0.2, 0.25) is 0 Å². The first-order valence-electron chi connectivity index (χ1n) is 5.66. The Hall–Kier alpha value is -1.38. The van der Waals surface area contributed by atoms with Gasteiger partial charge in [0.1, 0.15) is 5.82 Å². The van der Waals surface area contributed by atoms with Crippen LogP contribution in [0.5, 0.6) is 0 Å². The largest absolute Gasteiger partial charge is 0.289 e. The van der Waals surface area contributed by atoms with E-state index in [1.807, 2.05) is 6.92 Å². The number of ketones is 1. The van der Waals surface area contributed by atoms with Crippen LogP contribution in [0, 0.1) is 19.7 Å². The van der Waals surface area contributed by atoms with Crippen molar-refractivity contribution in [3.05, 3.63) is 68.4 Å². The van der Waals surface area contributed by atoms with Crippen molar-refractivity contribution in [2.45, 2.75) is 13.8 Å². The van der Waals surface area contributed by atoms with E-state index >= 15 is 0 Å². The molecule has 2 rings (SSSR count). The van der Waals surface area contributed by atoms with Crippen molar-refractivity contribution in [2.75, 3.05) is 0 Å². The highest BCUT2D eigenvalue weighted by molar-refractivity contribution is 6.35. The summed E-state index contributed by atoms with van der Waals surface area (Å²) >= 11 is 11.9. The van der Waals surface area contributed by atoms with Crippen molar-refractivity contribution < 1.29 is 9.18 Å². The molecule has 1 nitrogen and oxygen atoms in total. The van der Waals surface area contributed by atoms with Gasteiger partial charge >= 0.3 is 0 Å². The topological polar surface area (TPSA) is 17.1 Å². The van der Waals surface area contributed by atoms with Crippen LogP contribution in [-0.4, -0.2) is 5.78 Å². The number of rotatable bonds is 2. The fraction of sp³-hybridized carbons (Fsp3) is 0.133. The van der Waals surface area contributed by atoms with E-state index in [1.54, 1.807) is 25.1 Å². The molecule has 19 heavy (non-hydrogen) atoms. The average Bonchev–Trinajstić information content (AvgIpc) is 2.36. The van der Waals surface area contributed by atoms with E-state index in [1.165, 1.54) is 6.07 Å². The third kappa shape index (κ3) is 2.80. The summed E-state index contributed by atoms with van der Waals surface area (Å²) in [4.78, 5) is 12.3. The van der Waals surface area contributed by atoms with Gasteiger partial charge in [0.05, 0.1) is 5.02 Å². The molecular formula is C15H11Cl2FO. The summed E-state index contributed by atoms with van der Waals surface area (Å²) < 4.78 is 13.3. The van der Waals surface area contributed by atoms with Crippen molar-refractivity contribution in [2.24, 2.45) is 0 Å². The second kappa shape index (κ2) is 5.32. The van der Waals surface area contributed by atoms with E-state index in [-0.39, 0.29) is 16.4 Å². The maximum atomic E-state index is 13.3. The molecular weight excluding hydrogens is 286 g/mol. The Kier molecular flexibility index (Phi) is 3.93. The highest BCUT2D eigenvalue weighted by Crippen LogP contribution is 2.25. The van der Waals surface area contributed by atoms with Crippen LogP contribution in [-0.2, 0) is 0 Å². The van der Waals surface area contributed by atoms with E-state index in [0.29, 0.717) is 16.1 Å². The molecule has 0 atom stereocenters. The van der Waals surface area contributed by atoms with Crippen LogP contribution in [0.1, 0.15) is 27.0 Å². The molecule has 2 aromatic rings. The second-order valence-corrected chi connectivity index (χ2v) is 5.19. The first-order chi connectivity index (χ1) is 8.90. The minimum absolute atomic E-state index is 0.102. The van der Waals surface area contributed by atoms with Crippen LogP contribution in [0.2, 0.25) is 10.0 Å². The molecule has 0 saturated carbocycles. The molecule has 0 radical (unpaired) electrons. The van der Waals surface area contributed by atoms with Crippen LogP contribution < -0.4 is 0 Å². The molecule has 0 spiro atoms. The summed E-state index contributed by atoms with van der Waals surface area (Å²) in [5.74, 6) is -0.696. The molecule has 0 aliphatic heterocycles. The number of carbonyl (C=O) groups excluding carboxylic acids is 1. The highest BCUT2D eigenvalue weighted by Gasteiger charge is 2.15. The Morgan fingerprint density at radius 1 is 1.00 bits per heavy atom. The van der Waals surface area contributed by atoms with Gasteiger partial charge in [0, 0.05) is 16.1 Å². The number of benzene rings is 2. The summed E-state index contributed by atoms with van der Waals surface area (Å²) in [7, 11) is 0. The van der Waals surface area contributed by atoms with Crippen molar-refractivity contribution in [1.82, 2.24) is 0 Å². The number of aryl methyl sites for hydroxylation is 2. The lowest BCUT2D eigenvalue weighted by molar-refractivity contribution is 0.103. The maximum absolute atomic E-state index is 13.3. The number of hydrogen-bond donors (Lipinski definition) is 0. The summed E-state index contributed by atoms with van der Waals surface area (Å²) in [6, 6.07) is 7.64. The first kappa shape index (κ1) is 14.0. The van der Waals surface area contributed by atoms with E-state index in [9.17, 15) is 9.18 Å². The van der Waals surface area contributed by atoms with Gasteiger partial charge in [-0.05, 0) is 43.2 Å². The SMILES string of the molecule is Cc1cc(C(=O)c2ccc(C)c(Cl)c2)c(Cl)cc1F. The van der Waals surface area contributed by atoms with Crippen molar-refractivity contribution in [3.8, 4) is 0 Å². The number of carbonyl (C=O) groups is 1. The number of halogens is 3. The zero-order chi connectivity index (χ0) is 14.2. The van der Waals surface area contributed by atoms with E-state index in [0.717, 1.165) is 11.6 Å². The third-order valence-electron chi connectivity index (χ3n) is 2.93. The predicted octanol–water partition coefficient (Wildman–Crippen LogP) is 4.98. The molecule has 0 fully saturated rings. The molecule has 0 aliphatic carbocycles. The van der Waals surface area contributed by atoms with Crippen LogP contribution >= 0.6 is 23.2 Å². The van der Waals surface area contributed by atoms with Crippen molar-refractivity contribution in [1.29, 1.82) is 0 Å². The van der Waals surface area contributed by atoms with Gasteiger partial charge in [-0.15, -0.1) is 0 Å². The molecule has 0 unspecified atom stereocenters. The van der Waals surface area contributed by atoms with Crippen molar-refractivity contribution >= 4 is 29.0 Å². The van der Waals surface area contributed by atoms with Gasteiger partial charge < -0.3 is 0 Å². The average molecular weight is 297 g/mol. The minimum atomic E-state index is -0.427. The summed E-state index contributed by atoms with van der Waals surface area (Å²) in [5.41, 5.74) is 1.98. The Morgan fingerprint density at radius 2 is 1.68 bits per heavy atom. The molecule has 0 aliphatic rings. The predicted molar refractivity (Wildman–Crippen MR) is 75.8 cm³/mol. The fourth-order valence-corrected chi connectivity index (χ4v) is 2.14. The normalized spacial score (nSPS) is 10.6. The third-order valence-corrected chi connectivity index (χ3v) is 3.65. The molecule has 0 heterocycles. The van der Waals surface area contributed by atoms with Gasteiger partial charge in [0.15, 0.2) is 5.78 Å². The Labute approximate surface area is 121 Å². The highest BCUT2D eigenvalue weighted by atomic mass is 35.5. The van der Waals surface area contributed by atoms with Crippen molar-refractivity contribution in [3.63, 3.8) is 0 Å². The summed E-state index contributed by atoms with van der Waals surface area (Å²) in [6.45, 7) is 3.44. The summed E-state index contributed by atoms with van der Waals surface area (Å²) in [5, 5.41) is 0.616. The van der Waals surface area contributed by atoms with Gasteiger partial charge in [0.25, 0.3) is 0 Å². The Bertz CT molecular complexity index is 665. The molecule has 0 amide bonds. The Morgan fingerprint density at radius 3 is 2.32 bits per heavy atom. The quantitative estimate of drug-likeness (QED) is 0.714. The van der Waals surface area contributed by atoms with E-state index < -0.39 is 5.82 Å². The Balaban J connectivity index is 2.49. The van der Waals surface area contributed by atoms with E-state index in [4.69, 9.17) is 23.2 Å². The zero-order valence-corrected chi connectivity index (χ0v) is 11.9. The molecule has 2 aromatic carbocycles. The van der Waals surface area contributed by atoms with Crippen LogP contribution in [0.4, 0.5) is 4.39 Å². The number of hydrogen-bond acceptors (Lipinski definition) is 1. The molecule has 4 heteroatoms. The molecule has 0 saturated heterocycles. The molecule has 0 aromatic heterocycles. The van der Waals surface area contributed by atoms with Crippen LogP contribution in [0.25, 0.3) is 0 Å². The summed E-state index contributed by atoms with van der Waals surface area (Å²) in [6.07, 6.45) is 0.